The first-order valence-electron chi connectivity index (χ1n) is 16.3. The number of rotatable bonds is 1. The lowest BCUT2D eigenvalue weighted by Gasteiger charge is -2.57. The van der Waals surface area contributed by atoms with Crippen LogP contribution in [0.3, 0.4) is 0 Å². The first-order chi connectivity index (χ1) is 21.2. The smallest absolute Gasteiger partial charge is 0.193 e. The molecule has 0 unspecified atom stereocenters. The summed E-state index contributed by atoms with van der Waals surface area (Å²) in [7, 11) is 0. The summed E-state index contributed by atoms with van der Waals surface area (Å²) >= 11 is 0. The summed E-state index contributed by atoms with van der Waals surface area (Å²) in [6.07, 6.45) is 8.64. The number of hydrogen-bond donors (Lipinski definition) is 1. The quantitative estimate of drug-likeness (QED) is 0.196. The number of fused-ring (bicyclic) bond motifs is 5. The number of aromatic amines is 1. The maximum absolute atomic E-state index is 8.28. The molecule has 7 aliphatic rings. The highest BCUT2D eigenvalue weighted by Gasteiger charge is 2.51. The van der Waals surface area contributed by atoms with Crippen LogP contribution in [0.15, 0.2) is 84.9 Å². The van der Waals surface area contributed by atoms with E-state index in [1.54, 1.807) is 5.56 Å². The van der Waals surface area contributed by atoms with Gasteiger partial charge in [-0.05, 0) is 124 Å². The molecule has 0 aliphatic heterocycles. The number of aromatic nitrogens is 1. The minimum absolute atomic E-state index is 0.100. The second kappa shape index (κ2) is 7.78. The van der Waals surface area contributed by atoms with E-state index in [1.807, 2.05) is 0 Å². The Bertz CT molecular complexity index is 2180. The van der Waals surface area contributed by atoms with Gasteiger partial charge >= 0.3 is 0 Å². The maximum atomic E-state index is 8.28. The summed E-state index contributed by atoms with van der Waals surface area (Å²) < 4.78 is 0. The van der Waals surface area contributed by atoms with E-state index in [-0.39, 0.29) is 11.8 Å². The zero-order valence-corrected chi connectivity index (χ0v) is 24.2. The summed E-state index contributed by atoms with van der Waals surface area (Å²) in [5.41, 5.74) is 13.2. The van der Waals surface area contributed by atoms with Crippen LogP contribution in [-0.4, -0.2) is 4.98 Å². The summed E-state index contributed by atoms with van der Waals surface area (Å²) in [4.78, 5) is 7.94. The third-order valence-corrected chi connectivity index (χ3v) is 12.5. The van der Waals surface area contributed by atoms with Gasteiger partial charge in [0, 0.05) is 33.6 Å². The van der Waals surface area contributed by atoms with Gasteiger partial charge in [0.1, 0.15) is 0 Å². The van der Waals surface area contributed by atoms with E-state index in [4.69, 9.17) is 6.57 Å². The molecule has 0 atom stereocenters. The second-order valence-electron chi connectivity index (χ2n) is 14.6. The molecule has 6 aromatic rings. The summed E-state index contributed by atoms with van der Waals surface area (Å²) in [6, 6.07) is 32.3. The fourth-order valence-corrected chi connectivity index (χ4v) is 11.4. The lowest BCUT2D eigenvalue weighted by Crippen LogP contribution is -2.48. The fourth-order valence-electron chi connectivity index (χ4n) is 11.4. The molecule has 6 bridgehead atoms. The highest BCUT2D eigenvalue weighted by atomic mass is 14.7. The van der Waals surface area contributed by atoms with Crippen molar-refractivity contribution in [1.82, 2.24) is 4.98 Å². The predicted molar refractivity (Wildman–Crippen MR) is 174 cm³/mol. The molecular formula is C41H32N2. The van der Waals surface area contributed by atoms with Crippen molar-refractivity contribution in [3.8, 4) is 0 Å². The number of H-pyrrole nitrogens is 1. The molecule has 0 amide bonds. The Labute approximate surface area is 251 Å². The van der Waals surface area contributed by atoms with Gasteiger partial charge in [-0.1, -0.05) is 72.8 Å². The van der Waals surface area contributed by atoms with Crippen LogP contribution in [0.2, 0.25) is 0 Å². The highest BCUT2D eigenvalue weighted by Crippen LogP contribution is 2.62. The van der Waals surface area contributed by atoms with Gasteiger partial charge < -0.3 is 4.98 Å². The van der Waals surface area contributed by atoms with E-state index in [9.17, 15) is 0 Å². The molecule has 0 saturated heterocycles. The van der Waals surface area contributed by atoms with Crippen LogP contribution in [0, 0.1) is 24.3 Å². The monoisotopic (exact) mass is 552 g/mol. The van der Waals surface area contributed by atoms with E-state index < -0.39 is 0 Å². The number of hydrogen-bond acceptors (Lipinski definition) is 0. The molecule has 1 heterocycles. The summed E-state index contributed by atoms with van der Waals surface area (Å²) in [5, 5.41) is 5.37. The van der Waals surface area contributed by atoms with Crippen molar-refractivity contribution in [2.24, 2.45) is 17.8 Å². The van der Waals surface area contributed by atoms with Crippen LogP contribution in [0.1, 0.15) is 89.3 Å². The molecule has 206 valence electrons. The molecule has 4 saturated carbocycles. The molecule has 4 fully saturated rings. The van der Waals surface area contributed by atoms with Crippen molar-refractivity contribution in [3.63, 3.8) is 0 Å². The third kappa shape index (κ3) is 2.80. The van der Waals surface area contributed by atoms with Gasteiger partial charge in [-0.25, -0.2) is 4.85 Å². The number of nitrogens with zero attached hydrogens (tertiary/aromatic N) is 1. The zero-order chi connectivity index (χ0) is 28.0. The molecule has 13 rings (SSSR count). The molecule has 1 N–H and O–H groups in total. The van der Waals surface area contributed by atoms with Crippen LogP contribution in [0.25, 0.3) is 37.4 Å². The van der Waals surface area contributed by atoms with Crippen molar-refractivity contribution in [1.29, 1.82) is 0 Å². The predicted octanol–water partition coefficient (Wildman–Crippen LogP) is 10.5. The van der Waals surface area contributed by atoms with Gasteiger partial charge in [-0.15, -0.1) is 0 Å². The molecular weight excluding hydrogens is 520 g/mol. The van der Waals surface area contributed by atoms with Gasteiger partial charge in [-0.3, -0.25) is 0 Å². The Morgan fingerprint density at radius 3 is 1.84 bits per heavy atom. The Morgan fingerprint density at radius 1 is 0.628 bits per heavy atom. The van der Waals surface area contributed by atoms with Crippen LogP contribution < -0.4 is 0 Å². The normalized spacial score (nSPS) is 29.1. The minimum Gasteiger partial charge on any atom is -0.356 e. The van der Waals surface area contributed by atoms with E-state index in [1.165, 1.54) is 99.0 Å². The average molecular weight is 553 g/mol. The number of benzene rings is 5. The Hall–Kier alpha value is -4.35. The molecule has 5 aromatic carbocycles. The standard InChI is InChI=1S/C41H32N2/c1-42-33-18-34-39(40-36-30-8-4-2-6-28(30)35(38(33)40)29-7-3-5-9-31(29)36)37-27-12-11-26(17-25(27)10-13-32(37)43-34)41-19-22-14-23(20-41)16-24(15-22)21-41/h2-13,17-18,22-24,35-36,43H,14-16,19-21H2. The summed E-state index contributed by atoms with van der Waals surface area (Å²) in [5.74, 6) is 3.08. The van der Waals surface area contributed by atoms with Gasteiger partial charge in [0.15, 0.2) is 5.69 Å². The number of nitrogens with one attached hydrogen (secondary N) is 1. The highest BCUT2D eigenvalue weighted by molar-refractivity contribution is 6.22. The SMILES string of the molecule is [C-]#[N+]c1cc2[nH]c3ccc4cc(C56CC7CC(CC(C7)C5)C6)ccc4c3c2c2c1C1c3ccccc3C2c2ccccc21. The van der Waals surface area contributed by atoms with Crippen molar-refractivity contribution in [2.75, 3.05) is 0 Å². The van der Waals surface area contributed by atoms with E-state index in [0.29, 0.717) is 5.41 Å². The fraction of sp³-hybridized carbons (Fsp3) is 0.293. The Balaban J connectivity index is 1.20. The van der Waals surface area contributed by atoms with Crippen LogP contribution >= 0.6 is 0 Å². The maximum Gasteiger partial charge on any atom is 0.193 e. The minimum atomic E-state index is 0.100. The van der Waals surface area contributed by atoms with E-state index in [0.717, 1.165) is 29.0 Å². The van der Waals surface area contributed by atoms with Crippen molar-refractivity contribution in [2.45, 2.75) is 55.8 Å². The first kappa shape index (κ1) is 23.1. The van der Waals surface area contributed by atoms with Crippen molar-refractivity contribution in [3.05, 3.63) is 135 Å². The van der Waals surface area contributed by atoms with Crippen LogP contribution in [-0.2, 0) is 5.41 Å². The topological polar surface area (TPSA) is 20.1 Å². The zero-order valence-electron chi connectivity index (χ0n) is 24.2. The van der Waals surface area contributed by atoms with Crippen molar-refractivity contribution >= 4 is 38.3 Å². The Morgan fingerprint density at radius 2 is 1.23 bits per heavy atom. The van der Waals surface area contributed by atoms with E-state index >= 15 is 0 Å². The average Bonchev–Trinajstić information content (AvgIpc) is 3.42. The van der Waals surface area contributed by atoms with Crippen LogP contribution in [0.5, 0.6) is 0 Å². The molecule has 7 aliphatic carbocycles. The van der Waals surface area contributed by atoms with Gasteiger partial charge in [0.2, 0.25) is 0 Å². The summed E-state index contributed by atoms with van der Waals surface area (Å²) in [6.45, 7) is 8.28. The molecule has 2 heteroatoms. The van der Waals surface area contributed by atoms with Gasteiger partial charge in [0.05, 0.1) is 6.57 Å². The molecule has 43 heavy (non-hydrogen) atoms. The first-order valence-corrected chi connectivity index (χ1v) is 16.3. The Kier molecular flexibility index (Phi) is 4.19. The lowest BCUT2D eigenvalue weighted by atomic mass is 9.48. The van der Waals surface area contributed by atoms with Crippen LogP contribution in [0.4, 0.5) is 5.69 Å². The second-order valence-corrected chi connectivity index (χ2v) is 14.6. The van der Waals surface area contributed by atoms with E-state index in [2.05, 4.69) is 94.8 Å². The lowest BCUT2D eigenvalue weighted by molar-refractivity contribution is -0.00512. The van der Waals surface area contributed by atoms with Gasteiger partial charge in [-0.2, -0.15) is 0 Å². The molecule has 0 spiro atoms. The third-order valence-electron chi connectivity index (χ3n) is 12.5. The molecule has 2 nitrogen and oxygen atoms in total. The van der Waals surface area contributed by atoms with Gasteiger partial charge in [0.25, 0.3) is 0 Å². The molecule has 0 radical (unpaired) electrons. The largest absolute Gasteiger partial charge is 0.356 e. The van der Waals surface area contributed by atoms with Crippen molar-refractivity contribution < 1.29 is 0 Å². The molecule has 1 aromatic heterocycles.